The number of aromatic hydroxyl groups is 1. The van der Waals surface area contributed by atoms with E-state index in [9.17, 15) is 4.79 Å². The Labute approximate surface area is 63.0 Å². The summed E-state index contributed by atoms with van der Waals surface area (Å²) in [6.07, 6.45) is 2.16. The van der Waals surface area contributed by atoms with Crippen LogP contribution in [-0.4, -0.2) is 27.9 Å². The lowest BCUT2D eigenvalue weighted by Crippen LogP contribution is -2.05. The third-order valence-corrected chi connectivity index (χ3v) is 1.05. The van der Waals surface area contributed by atoms with Gasteiger partial charge in [0.1, 0.15) is 0 Å². The van der Waals surface area contributed by atoms with E-state index in [0.717, 1.165) is 0 Å². The average Bonchev–Trinajstić information content (AvgIpc) is 2.36. The molecule has 1 heterocycles. The van der Waals surface area contributed by atoms with Crippen LogP contribution in [0.25, 0.3) is 0 Å². The molecule has 0 atom stereocenters. The Morgan fingerprint density at radius 3 is 3.09 bits per heavy atom. The van der Waals surface area contributed by atoms with Gasteiger partial charge in [-0.2, -0.15) is 5.10 Å². The quantitative estimate of drug-likeness (QED) is 0.593. The van der Waals surface area contributed by atoms with E-state index in [4.69, 9.17) is 5.11 Å². The van der Waals surface area contributed by atoms with Gasteiger partial charge in [0.05, 0.1) is 6.61 Å². The number of aromatic nitrogens is 2. The first-order valence-electron chi connectivity index (χ1n) is 3.07. The van der Waals surface area contributed by atoms with Gasteiger partial charge in [0.2, 0.25) is 0 Å². The number of hydrogen-bond donors (Lipinski definition) is 2. The van der Waals surface area contributed by atoms with Crippen molar-refractivity contribution in [3.63, 3.8) is 0 Å². The zero-order valence-corrected chi connectivity index (χ0v) is 5.92. The summed E-state index contributed by atoms with van der Waals surface area (Å²) < 4.78 is 4.58. The zero-order valence-electron chi connectivity index (χ0n) is 5.92. The zero-order chi connectivity index (χ0) is 8.27. The van der Waals surface area contributed by atoms with Crippen LogP contribution in [0.4, 0.5) is 0 Å². The first-order chi connectivity index (χ1) is 5.25. The van der Waals surface area contributed by atoms with Crippen molar-refractivity contribution in [1.29, 1.82) is 0 Å². The molecule has 1 rings (SSSR count). The van der Waals surface area contributed by atoms with Crippen LogP contribution >= 0.6 is 0 Å². The number of carbonyl (C=O) groups excluding carboxylic acids is 1. The van der Waals surface area contributed by atoms with E-state index in [1.54, 1.807) is 6.92 Å². The number of carbonyl (C=O) groups is 1. The van der Waals surface area contributed by atoms with Crippen LogP contribution in [-0.2, 0) is 4.74 Å². The van der Waals surface area contributed by atoms with Crippen LogP contribution in [0, 0.1) is 6.20 Å². The molecule has 1 aromatic heterocycles. The lowest BCUT2D eigenvalue weighted by Gasteiger charge is -1.97. The molecule has 1 radical (unpaired) electrons. The van der Waals surface area contributed by atoms with Crippen LogP contribution in [0.1, 0.15) is 17.4 Å². The molecule has 59 valence electrons. The molecule has 0 saturated carbocycles. The lowest BCUT2D eigenvalue weighted by molar-refractivity contribution is 0.0516. The molecule has 0 fully saturated rings. The Balaban J connectivity index is 2.76. The first kappa shape index (κ1) is 7.59. The highest BCUT2D eigenvalue weighted by molar-refractivity contribution is 5.89. The summed E-state index contributed by atoms with van der Waals surface area (Å²) in [4.78, 5) is 10.9. The van der Waals surface area contributed by atoms with Gasteiger partial charge in [-0.15, -0.1) is 0 Å². The van der Waals surface area contributed by atoms with E-state index in [-0.39, 0.29) is 18.1 Å². The van der Waals surface area contributed by atoms with Crippen molar-refractivity contribution in [2.45, 2.75) is 6.92 Å². The van der Waals surface area contributed by atoms with Crippen LogP contribution in [0.3, 0.4) is 0 Å². The topological polar surface area (TPSA) is 75.2 Å². The normalized spacial score (nSPS) is 9.55. The van der Waals surface area contributed by atoms with Crippen molar-refractivity contribution in [2.75, 3.05) is 6.61 Å². The van der Waals surface area contributed by atoms with Crippen molar-refractivity contribution in [3.05, 3.63) is 11.9 Å². The maximum atomic E-state index is 10.9. The molecule has 0 aromatic carbocycles. The highest BCUT2D eigenvalue weighted by Gasteiger charge is 2.13. The van der Waals surface area contributed by atoms with E-state index in [1.165, 1.54) is 0 Å². The molecule has 0 aliphatic heterocycles. The third-order valence-electron chi connectivity index (χ3n) is 1.05. The van der Waals surface area contributed by atoms with Gasteiger partial charge in [-0.1, -0.05) is 0 Å². The smallest absolute Gasteiger partial charge is 0.360 e. The number of aromatic amines is 1. The van der Waals surface area contributed by atoms with Crippen LogP contribution in [0.5, 0.6) is 5.75 Å². The largest absolute Gasteiger partial charge is 0.504 e. The molecule has 0 amide bonds. The fraction of sp³-hybridized carbons (Fsp3) is 0.333. The molecule has 0 aliphatic carbocycles. The van der Waals surface area contributed by atoms with Gasteiger partial charge >= 0.3 is 5.97 Å². The molecule has 5 nitrogen and oxygen atoms in total. The predicted molar refractivity (Wildman–Crippen MR) is 35.0 cm³/mol. The SMILES string of the molecule is CCOC(=O)c1[nH]n[c]c1O. The van der Waals surface area contributed by atoms with Crippen LogP contribution in [0.15, 0.2) is 0 Å². The van der Waals surface area contributed by atoms with Crippen molar-refractivity contribution in [3.8, 4) is 5.75 Å². The second-order valence-corrected chi connectivity index (χ2v) is 1.78. The Morgan fingerprint density at radius 1 is 1.91 bits per heavy atom. The van der Waals surface area contributed by atoms with Crippen LogP contribution in [0.2, 0.25) is 0 Å². The lowest BCUT2D eigenvalue weighted by atomic mass is 10.4. The molecule has 11 heavy (non-hydrogen) atoms. The van der Waals surface area contributed by atoms with Crippen LogP contribution < -0.4 is 0 Å². The van der Waals surface area contributed by atoms with Gasteiger partial charge in [-0.05, 0) is 6.92 Å². The van der Waals surface area contributed by atoms with E-state index in [1.807, 2.05) is 0 Å². The van der Waals surface area contributed by atoms with Gasteiger partial charge < -0.3 is 9.84 Å². The monoisotopic (exact) mass is 155 g/mol. The number of hydrogen-bond acceptors (Lipinski definition) is 4. The van der Waals surface area contributed by atoms with Gasteiger partial charge in [-0.25, -0.2) is 4.79 Å². The third kappa shape index (κ3) is 1.49. The molecule has 0 spiro atoms. The first-order valence-corrected chi connectivity index (χ1v) is 3.07. The van der Waals surface area contributed by atoms with Gasteiger partial charge in [0, 0.05) is 0 Å². The minimum absolute atomic E-state index is 0.0631. The second-order valence-electron chi connectivity index (χ2n) is 1.78. The maximum Gasteiger partial charge on any atom is 0.360 e. The molecule has 1 aromatic rings. The number of nitrogens with zero attached hydrogens (tertiary/aromatic N) is 1. The summed E-state index contributed by atoms with van der Waals surface area (Å²) in [6.45, 7) is 1.94. The standard InChI is InChI=1S/C6H7N2O3/c1-2-11-6(10)5-4(9)3-7-8-5/h9H,2H2,1H3,(H,7,8). The Kier molecular flexibility index (Phi) is 2.10. The van der Waals surface area contributed by atoms with E-state index < -0.39 is 5.97 Å². The highest BCUT2D eigenvalue weighted by Crippen LogP contribution is 2.11. The Morgan fingerprint density at radius 2 is 2.64 bits per heavy atom. The van der Waals surface area contributed by atoms with Gasteiger partial charge in [0.25, 0.3) is 0 Å². The van der Waals surface area contributed by atoms with Gasteiger partial charge in [-0.3, -0.25) is 5.10 Å². The molecule has 0 bridgehead atoms. The van der Waals surface area contributed by atoms with Crippen molar-refractivity contribution in [2.24, 2.45) is 0 Å². The van der Waals surface area contributed by atoms with Crippen molar-refractivity contribution >= 4 is 5.97 Å². The fourth-order valence-electron chi connectivity index (χ4n) is 0.591. The summed E-state index contributed by atoms with van der Waals surface area (Å²) >= 11 is 0. The maximum absolute atomic E-state index is 10.9. The summed E-state index contributed by atoms with van der Waals surface area (Å²) in [7, 11) is 0. The molecular weight excluding hydrogens is 148 g/mol. The molecule has 5 heteroatoms. The molecule has 0 saturated heterocycles. The number of esters is 1. The summed E-state index contributed by atoms with van der Waals surface area (Å²) in [6, 6.07) is 0. The minimum atomic E-state index is -0.626. The van der Waals surface area contributed by atoms with Crippen molar-refractivity contribution in [1.82, 2.24) is 10.2 Å². The van der Waals surface area contributed by atoms with E-state index >= 15 is 0 Å². The Hall–Kier alpha value is -1.52. The number of nitrogens with one attached hydrogen (secondary N) is 1. The van der Waals surface area contributed by atoms with Crippen molar-refractivity contribution < 1.29 is 14.6 Å². The highest BCUT2D eigenvalue weighted by atomic mass is 16.5. The predicted octanol–water partition coefficient (Wildman–Crippen LogP) is 0.0922. The number of H-pyrrole nitrogens is 1. The van der Waals surface area contributed by atoms with E-state index in [2.05, 4.69) is 21.1 Å². The molecule has 0 aliphatic rings. The molecule has 0 unspecified atom stereocenters. The molecule has 2 N–H and O–H groups in total. The summed E-state index contributed by atoms with van der Waals surface area (Å²) in [5, 5.41) is 14.5. The molecular formula is C6H7N2O3. The summed E-state index contributed by atoms with van der Waals surface area (Å²) in [5.41, 5.74) is -0.0631. The van der Waals surface area contributed by atoms with Gasteiger partial charge in [0.15, 0.2) is 17.6 Å². The second kappa shape index (κ2) is 3.05. The minimum Gasteiger partial charge on any atom is -0.504 e. The number of ether oxygens (including phenoxy) is 1. The fourth-order valence-corrected chi connectivity index (χ4v) is 0.591. The number of rotatable bonds is 2. The average molecular weight is 155 g/mol. The summed E-state index contributed by atoms with van der Waals surface area (Å²) in [5.74, 6) is -0.942. The van der Waals surface area contributed by atoms with E-state index in [0.29, 0.717) is 0 Å². The Bertz CT molecular complexity index is 256.